The highest BCUT2D eigenvalue weighted by atomic mass is 16.2. The van der Waals surface area contributed by atoms with Gasteiger partial charge in [0.15, 0.2) is 0 Å². The minimum Gasteiger partial charge on any atom is -0.341 e. The summed E-state index contributed by atoms with van der Waals surface area (Å²) in [6.07, 6.45) is 1.38. The molecule has 2 saturated heterocycles. The first-order chi connectivity index (χ1) is 17.8. The Morgan fingerprint density at radius 3 is 2.43 bits per heavy atom. The van der Waals surface area contributed by atoms with Gasteiger partial charge in [-0.3, -0.25) is 19.3 Å². The molecular weight excluding hydrogens is 468 g/mol. The van der Waals surface area contributed by atoms with Crippen LogP contribution in [0, 0.1) is 5.92 Å². The molecule has 37 heavy (non-hydrogen) atoms. The molecule has 188 valence electrons. The van der Waals surface area contributed by atoms with Gasteiger partial charge in [0.2, 0.25) is 11.8 Å². The van der Waals surface area contributed by atoms with Gasteiger partial charge < -0.3 is 15.5 Å². The second-order valence-electron chi connectivity index (χ2n) is 10.3. The number of nitrogens with one attached hydrogen (secondary N) is 2. The third-order valence-electron chi connectivity index (χ3n) is 8.10. The lowest BCUT2D eigenvalue weighted by molar-refractivity contribution is -0.139. The van der Waals surface area contributed by atoms with Crippen molar-refractivity contribution in [2.45, 2.75) is 31.2 Å². The molecule has 8 heteroatoms. The zero-order chi connectivity index (χ0) is 25.7. The van der Waals surface area contributed by atoms with Crippen molar-refractivity contribution in [3.05, 3.63) is 77.9 Å². The van der Waals surface area contributed by atoms with Crippen LogP contribution in [-0.4, -0.2) is 53.2 Å². The minimum atomic E-state index is -1.24. The van der Waals surface area contributed by atoms with Gasteiger partial charge in [-0.15, -0.1) is 0 Å². The predicted octanol–water partition coefficient (Wildman–Crippen LogP) is 3.58. The number of carbonyl (C=O) groups is 4. The number of para-hydroxylation sites is 1. The molecule has 2 fully saturated rings. The van der Waals surface area contributed by atoms with Crippen molar-refractivity contribution in [3.63, 3.8) is 0 Å². The third-order valence-corrected chi connectivity index (χ3v) is 8.10. The van der Waals surface area contributed by atoms with E-state index in [0.29, 0.717) is 31.5 Å². The molecule has 0 radical (unpaired) electrons. The third kappa shape index (κ3) is 3.84. The van der Waals surface area contributed by atoms with Crippen molar-refractivity contribution in [3.8, 4) is 0 Å². The number of amides is 5. The van der Waals surface area contributed by atoms with Gasteiger partial charge in [0.1, 0.15) is 12.1 Å². The first-order valence-corrected chi connectivity index (χ1v) is 12.7. The summed E-state index contributed by atoms with van der Waals surface area (Å²) in [5.41, 5.74) is 1.32. The quantitative estimate of drug-likeness (QED) is 0.540. The minimum absolute atomic E-state index is 0.0123. The van der Waals surface area contributed by atoms with E-state index in [-0.39, 0.29) is 30.2 Å². The van der Waals surface area contributed by atoms with Crippen LogP contribution >= 0.6 is 0 Å². The molecule has 3 aliphatic heterocycles. The van der Waals surface area contributed by atoms with Gasteiger partial charge in [-0.2, -0.15) is 0 Å². The van der Waals surface area contributed by atoms with E-state index in [0.717, 1.165) is 26.9 Å². The zero-order valence-corrected chi connectivity index (χ0v) is 20.6. The summed E-state index contributed by atoms with van der Waals surface area (Å²) in [7, 11) is 0. The number of fused-ring (bicyclic) bond motifs is 2. The maximum absolute atomic E-state index is 13.4. The molecule has 0 aromatic heterocycles. The molecule has 6 rings (SSSR count). The van der Waals surface area contributed by atoms with Crippen LogP contribution in [-0.2, 0) is 19.9 Å². The molecule has 8 nitrogen and oxygen atoms in total. The molecule has 3 aromatic rings. The zero-order valence-electron chi connectivity index (χ0n) is 20.6. The molecular formula is C29H28N4O4. The lowest BCUT2D eigenvalue weighted by Gasteiger charge is -2.34. The molecule has 2 unspecified atom stereocenters. The van der Waals surface area contributed by atoms with Gasteiger partial charge in [-0.05, 0) is 59.7 Å². The van der Waals surface area contributed by atoms with Gasteiger partial charge in [0, 0.05) is 18.8 Å². The fraction of sp³-hybridized carbons (Fsp3) is 0.310. The standard InChI is InChI=1S/C29H28N4O4/c1-29(21-11-10-18-6-2-3-7-20(18)16-21)27(36)33(28(37)31-29)17-24(34)32-14-12-19(13-15-32)25-22-8-4-5-9-23(22)30-26(25)35/h2-11,16,19,25H,12-15,17H2,1H3,(H,30,35)(H,31,37). The number of hydrogen-bond acceptors (Lipinski definition) is 4. The smallest absolute Gasteiger partial charge is 0.325 e. The Hall–Kier alpha value is -4.20. The Morgan fingerprint density at radius 1 is 0.946 bits per heavy atom. The van der Waals surface area contributed by atoms with E-state index in [1.165, 1.54) is 0 Å². The van der Waals surface area contributed by atoms with Crippen LogP contribution in [0.15, 0.2) is 66.7 Å². The maximum atomic E-state index is 13.4. The SMILES string of the molecule is CC1(c2ccc3ccccc3c2)NC(=O)N(CC(=O)N2CCC(C3C(=O)Nc4ccccc43)CC2)C1=O. The van der Waals surface area contributed by atoms with Crippen LogP contribution in [0.2, 0.25) is 0 Å². The molecule has 2 atom stereocenters. The first kappa shape index (κ1) is 23.2. The van der Waals surface area contributed by atoms with Crippen molar-refractivity contribution < 1.29 is 19.2 Å². The van der Waals surface area contributed by atoms with Crippen molar-refractivity contribution in [2.24, 2.45) is 5.92 Å². The second kappa shape index (κ2) is 8.73. The van der Waals surface area contributed by atoms with E-state index < -0.39 is 17.5 Å². The number of piperidine rings is 1. The Balaban J connectivity index is 1.12. The lowest BCUT2D eigenvalue weighted by Crippen LogP contribution is -2.47. The number of urea groups is 1. The molecule has 0 aliphatic carbocycles. The van der Waals surface area contributed by atoms with Crippen molar-refractivity contribution >= 4 is 40.2 Å². The van der Waals surface area contributed by atoms with Crippen LogP contribution in [0.25, 0.3) is 10.8 Å². The molecule has 5 amide bonds. The van der Waals surface area contributed by atoms with Crippen LogP contribution in [0.5, 0.6) is 0 Å². The fourth-order valence-electron chi connectivity index (χ4n) is 5.96. The van der Waals surface area contributed by atoms with Gasteiger partial charge in [-0.25, -0.2) is 4.79 Å². The molecule has 0 bridgehead atoms. The average molecular weight is 497 g/mol. The highest BCUT2D eigenvalue weighted by molar-refractivity contribution is 6.09. The Kier molecular flexibility index (Phi) is 5.47. The van der Waals surface area contributed by atoms with Crippen LogP contribution in [0.1, 0.15) is 36.8 Å². The molecule has 2 N–H and O–H groups in total. The summed E-state index contributed by atoms with van der Waals surface area (Å²) in [5, 5.41) is 7.77. The van der Waals surface area contributed by atoms with E-state index in [1.807, 2.05) is 66.7 Å². The number of benzene rings is 3. The Bertz CT molecular complexity index is 1440. The molecule has 0 saturated carbocycles. The van der Waals surface area contributed by atoms with E-state index in [4.69, 9.17) is 0 Å². The number of nitrogens with zero attached hydrogens (tertiary/aromatic N) is 2. The first-order valence-electron chi connectivity index (χ1n) is 12.7. The largest absolute Gasteiger partial charge is 0.341 e. The number of imide groups is 1. The van der Waals surface area contributed by atoms with Gasteiger partial charge in [-0.1, -0.05) is 54.6 Å². The summed E-state index contributed by atoms with van der Waals surface area (Å²) in [6, 6.07) is 20.7. The van der Waals surface area contributed by atoms with Crippen molar-refractivity contribution in [2.75, 3.05) is 25.0 Å². The molecule has 3 aromatic carbocycles. The average Bonchev–Trinajstić information content (AvgIpc) is 3.36. The molecule has 3 aliphatic rings. The van der Waals surface area contributed by atoms with Crippen LogP contribution in [0.3, 0.4) is 0 Å². The highest BCUT2D eigenvalue weighted by Crippen LogP contribution is 2.41. The normalized spacial score (nSPS) is 23.8. The maximum Gasteiger partial charge on any atom is 0.325 e. The summed E-state index contributed by atoms with van der Waals surface area (Å²) < 4.78 is 0. The van der Waals surface area contributed by atoms with Crippen LogP contribution < -0.4 is 10.6 Å². The lowest BCUT2D eigenvalue weighted by atomic mass is 9.81. The topological polar surface area (TPSA) is 98.8 Å². The number of likely N-dealkylation sites (tertiary alicyclic amines) is 1. The summed E-state index contributed by atoms with van der Waals surface area (Å²) in [6.45, 7) is 2.35. The fourth-order valence-corrected chi connectivity index (χ4v) is 5.96. The van der Waals surface area contributed by atoms with Gasteiger partial charge >= 0.3 is 6.03 Å². The van der Waals surface area contributed by atoms with E-state index in [9.17, 15) is 19.2 Å². The second-order valence-corrected chi connectivity index (χ2v) is 10.3. The van der Waals surface area contributed by atoms with Gasteiger partial charge in [0.25, 0.3) is 5.91 Å². The van der Waals surface area contributed by atoms with E-state index >= 15 is 0 Å². The van der Waals surface area contributed by atoms with E-state index in [1.54, 1.807) is 11.8 Å². The number of carbonyl (C=O) groups excluding carboxylic acids is 4. The van der Waals surface area contributed by atoms with Crippen LogP contribution in [0.4, 0.5) is 10.5 Å². The Labute approximate surface area is 214 Å². The highest BCUT2D eigenvalue weighted by Gasteiger charge is 2.50. The predicted molar refractivity (Wildman–Crippen MR) is 139 cm³/mol. The monoisotopic (exact) mass is 496 g/mol. The summed E-state index contributed by atoms with van der Waals surface area (Å²) in [5.74, 6) is -0.753. The number of rotatable bonds is 4. The van der Waals surface area contributed by atoms with Gasteiger partial charge in [0.05, 0.1) is 5.92 Å². The van der Waals surface area contributed by atoms with Crippen molar-refractivity contribution in [1.82, 2.24) is 15.1 Å². The Morgan fingerprint density at radius 2 is 1.65 bits per heavy atom. The van der Waals surface area contributed by atoms with Crippen molar-refractivity contribution in [1.29, 1.82) is 0 Å². The number of hydrogen-bond donors (Lipinski definition) is 2. The summed E-state index contributed by atoms with van der Waals surface area (Å²) in [4.78, 5) is 54.7. The summed E-state index contributed by atoms with van der Waals surface area (Å²) >= 11 is 0. The molecule has 0 spiro atoms. The number of anilines is 1. The molecule has 3 heterocycles. The van der Waals surface area contributed by atoms with E-state index in [2.05, 4.69) is 10.6 Å².